The quantitative estimate of drug-likeness (QED) is 0.294. The monoisotopic (exact) mass is 479 g/mol. The highest BCUT2D eigenvalue weighted by atomic mass is 127. The Morgan fingerprint density at radius 2 is 2.12 bits per heavy atom. The molecule has 1 aromatic carbocycles. The van der Waals surface area contributed by atoms with Crippen molar-refractivity contribution >= 4 is 35.9 Å². The van der Waals surface area contributed by atoms with E-state index in [1.807, 2.05) is 6.92 Å². The summed E-state index contributed by atoms with van der Waals surface area (Å²) in [4.78, 5) is 18.4. The minimum absolute atomic E-state index is 0. The molecular weight excluding hydrogens is 452 g/mol. The van der Waals surface area contributed by atoms with Crippen molar-refractivity contribution in [2.45, 2.75) is 32.9 Å². The molecule has 2 rings (SSSR count). The van der Waals surface area contributed by atoms with Gasteiger partial charge in [0.2, 0.25) is 0 Å². The van der Waals surface area contributed by atoms with E-state index in [-0.39, 0.29) is 48.0 Å². The minimum Gasteiger partial charge on any atom is -0.469 e. The predicted octanol–water partition coefficient (Wildman–Crippen LogP) is 2.29. The summed E-state index contributed by atoms with van der Waals surface area (Å²) in [5, 5.41) is 12.4. The van der Waals surface area contributed by atoms with Crippen LogP contribution in [0, 0.1) is 11.7 Å². The summed E-state index contributed by atoms with van der Waals surface area (Å²) in [6.07, 6.45) is 1.48. The van der Waals surface area contributed by atoms with E-state index in [4.69, 9.17) is 9.84 Å². The van der Waals surface area contributed by atoms with E-state index in [1.165, 1.54) is 13.2 Å². The molecule has 1 heterocycles. The fraction of sp³-hybridized carbons (Fsp3) is 0.556. The number of esters is 1. The number of aliphatic hydroxyl groups excluding tert-OH is 1. The minimum atomic E-state index is -0.410. The average molecular weight is 479 g/mol. The van der Waals surface area contributed by atoms with Crippen molar-refractivity contribution in [2.24, 2.45) is 10.9 Å². The van der Waals surface area contributed by atoms with Crippen LogP contribution < -0.4 is 5.32 Å². The Kier molecular flexibility index (Phi) is 9.85. The Morgan fingerprint density at radius 1 is 1.42 bits per heavy atom. The van der Waals surface area contributed by atoms with E-state index >= 15 is 0 Å². The first-order valence-corrected chi connectivity index (χ1v) is 8.58. The Balaban J connectivity index is 0.00000338. The summed E-state index contributed by atoms with van der Waals surface area (Å²) in [5.41, 5.74) is 1.11. The number of carbonyl (C=O) groups excluding carboxylic acids is 1. The first-order chi connectivity index (χ1) is 12.1. The lowest BCUT2D eigenvalue weighted by atomic mass is 9.97. The van der Waals surface area contributed by atoms with Gasteiger partial charge in [-0.2, -0.15) is 0 Å². The highest BCUT2D eigenvalue weighted by Crippen LogP contribution is 2.19. The molecule has 0 atom stereocenters. The van der Waals surface area contributed by atoms with Crippen molar-refractivity contribution in [1.82, 2.24) is 10.2 Å². The van der Waals surface area contributed by atoms with E-state index in [2.05, 4.69) is 15.2 Å². The number of likely N-dealkylation sites (tertiary alicyclic amines) is 1. The van der Waals surface area contributed by atoms with Crippen LogP contribution in [0.3, 0.4) is 0 Å². The molecule has 0 aromatic heterocycles. The summed E-state index contributed by atoms with van der Waals surface area (Å²) in [7, 11) is 1.42. The molecule has 26 heavy (non-hydrogen) atoms. The van der Waals surface area contributed by atoms with Crippen LogP contribution in [0.15, 0.2) is 23.2 Å². The molecule has 2 N–H and O–H groups in total. The molecule has 146 valence electrons. The molecule has 0 amide bonds. The van der Waals surface area contributed by atoms with Crippen LogP contribution in [-0.2, 0) is 22.7 Å². The first kappa shape index (κ1) is 22.6. The third-order valence-corrected chi connectivity index (χ3v) is 4.36. The summed E-state index contributed by atoms with van der Waals surface area (Å²) in [5.74, 6) is 0.172. The Morgan fingerprint density at radius 3 is 2.69 bits per heavy atom. The molecule has 0 saturated carbocycles. The third-order valence-electron chi connectivity index (χ3n) is 4.36. The fourth-order valence-corrected chi connectivity index (χ4v) is 2.93. The largest absolute Gasteiger partial charge is 0.469 e. The van der Waals surface area contributed by atoms with Gasteiger partial charge in [-0.05, 0) is 37.5 Å². The number of rotatable bonds is 5. The maximum absolute atomic E-state index is 13.5. The van der Waals surface area contributed by atoms with E-state index in [0.29, 0.717) is 6.54 Å². The molecule has 1 aromatic rings. The topological polar surface area (TPSA) is 74.2 Å². The molecule has 1 saturated heterocycles. The van der Waals surface area contributed by atoms with Crippen LogP contribution in [-0.4, -0.2) is 48.7 Å². The smallest absolute Gasteiger partial charge is 0.308 e. The number of methoxy groups -OCH3 is 1. The molecule has 1 fully saturated rings. The van der Waals surface area contributed by atoms with Crippen molar-refractivity contribution in [1.29, 1.82) is 0 Å². The molecular formula is C18H27FIN3O3. The lowest BCUT2D eigenvalue weighted by Gasteiger charge is -2.33. The Bertz CT molecular complexity index is 620. The fourth-order valence-electron chi connectivity index (χ4n) is 2.93. The number of carbonyl (C=O) groups is 1. The van der Waals surface area contributed by atoms with Gasteiger partial charge >= 0.3 is 5.97 Å². The highest BCUT2D eigenvalue weighted by Gasteiger charge is 2.26. The highest BCUT2D eigenvalue weighted by molar-refractivity contribution is 14.0. The second kappa shape index (κ2) is 11.3. The maximum atomic E-state index is 13.5. The number of ether oxygens (including phenoxy) is 1. The summed E-state index contributed by atoms with van der Waals surface area (Å²) >= 11 is 0. The standard InChI is InChI=1S/C18H26FN3O3.HI/c1-3-20-18(22-8-6-14(7-9-22)17(24)25-2)21-11-13-4-5-16(19)15(10-13)12-23;/h4-5,10,14,23H,3,6-9,11-12H2,1-2H3,(H,20,21);1H. The molecule has 8 heteroatoms. The second-order valence-corrected chi connectivity index (χ2v) is 6.04. The van der Waals surface area contributed by atoms with Crippen LogP contribution in [0.5, 0.6) is 0 Å². The van der Waals surface area contributed by atoms with Crippen LogP contribution in [0.2, 0.25) is 0 Å². The number of piperidine rings is 1. The van der Waals surface area contributed by atoms with Gasteiger partial charge in [0.25, 0.3) is 0 Å². The van der Waals surface area contributed by atoms with Gasteiger partial charge in [-0.1, -0.05) is 6.07 Å². The molecule has 0 bridgehead atoms. The maximum Gasteiger partial charge on any atom is 0.308 e. The molecule has 0 radical (unpaired) electrons. The van der Waals surface area contributed by atoms with Gasteiger partial charge in [0.15, 0.2) is 5.96 Å². The zero-order valence-corrected chi connectivity index (χ0v) is 17.5. The van der Waals surface area contributed by atoms with Gasteiger partial charge in [-0.15, -0.1) is 24.0 Å². The number of nitrogens with one attached hydrogen (secondary N) is 1. The molecule has 0 spiro atoms. The zero-order valence-electron chi connectivity index (χ0n) is 15.2. The lowest BCUT2D eigenvalue weighted by molar-refractivity contribution is -0.146. The van der Waals surface area contributed by atoms with Gasteiger partial charge in [-0.3, -0.25) is 4.79 Å². The van der Waals surface area contributed by atoms with E-state index in [0.717, 1.165) is 44.0 Å². The van der Waals surface area contributed by atoms with Crippen molar-refractivity contribution in [3.63, 3.8) is 0 Å². The predicted molar refractivity (Wildman–Crippen MR) is 109 cm³/mol. The molecule has 0 aliphatic carbocycles. The third kappa shape index (κ3) is 6.08. The van der Waals surface area contributed by atoms with Gasteiger partial charge in [0.05, 0.1) is 26.2 Å². The number of halogens is 2. The van der Waals surface area contributed by atoms with Gasteiger partial charge < -0.3 is 20.1 Å². The van der Waals surface area contributed by atoms with Crippen LogP contribution in [0.1, 0.15) is 30.9 Å². The average Bonchev–Trinajstić information content (AvgIpc) is 2.65. The molecule has 6 nitrogen and oxygen atoms in total. The van der Waals surface area contributed by atoms with E-state index < -0.39 is 5.82 Å². The number of aliphatic hydroxyl groups is 1. The SMILES string of the molecule is CCNC(=NCc1ccc(F)c(CO)c1)N1CCC(C(=O)OC)CC1.I. The van der Waals surface area contributed by atoms with E-state index in [1.54, 1.807) is 12.1 Å². The summed E-state index contributed by atoms with van der Waals surface area (Å²) in [6.45, 7) is 4.27. The van der Waals surface area contributed by atoms with Crippen LogP contribution in [0.4, 0.5) is 4.39 Å². The van der Waals surface area contributed by atoms with Crippen molar-refractivity contribution < 1.29 is 19.0 Å². The molecule has 1 aliphatic rings. The van der Waals surface area contributed by atoms with Crippen LogP contribution in [0.25, 0.3) is 0 Å². The second-order valence-electron chi connectivity index (χ2n) is 6.04. The summed E-state index contributed by atoms with van der Waals surface area (Å²) in [6, 6.07) is 4.65. The number of nitrogens with zero attached hydrogens (tertiary/aromatic N) is 2. The zero-order chi connectivity index (χ0) is 18.2. The van der Waals surface area contributed by atoms with Crippen LogP contribution >= 0.6 is 24.0 Å². The van der Waals surface area contributed by atoms with Gasteiger partial charge in [-0.25, -0.2) is 9.38 Å². The number of hydrogen-bond acceptors (Lipinski definition) is 4. The number of benzene rings is 1. The number of aliphatic imine (C=N–C) groups is 1. The lowest BCUT2D eigenvalue weighted by Crippen LogP contribution is -2.46. The summed E-state index contributed by atoms with van der Waals surface area (Å²) < 4.78 is 18.3. The Labute approximate surface area is 170 Å². The van der Waals surface area contributed by atoms with Crippen molar-refractivity contribution in [3.05, 3.63) is 35.1 Å². The van der Waals surface area contributed by atoms with Crippen molar-refractivity contribution in [3.8, 4) is 0 Å². The van der Waals surface area contributed by atoms with Gasteiger partial charge in [0, 0.05) is 25.2 Å². The van der Waals surface area contributed by atoms with Crippen molar-refractivity contribution in [2.75, 3.05) is 26.7 Å². The Hall–Kier alpha value is -1.42. The molecule has 1 aliphatic heterocycles. The van der Waals surface area contributed by atoms with Gasteiger partial charge in [0.1, 0.15) is 5.82 Å². The number of guanidine groups is 1. The van der Waals surface area contributed by atoms with E-state index in [9.17, 15) is 9.18 Å². The number of hydrogen-bond donors (Lipinski definition) is 2. The normalized spacial score (nSPS) is 15.4. The molecule has 0 unspecified atom stereocenters. The first-order valence-electron chi connectivity index (χ1n) is 8.58.